The maximum absolute atomic E-state index is 13.2. The van der Waals surface area contributed by atoms with Gasteiger partial charge in [-0.05, 0) is 54.6 Å². The number of thiazole rings is 1. The molecule has 0 aliphatic carbocycles. The average Bonchev–Trinajstić information content (AvgIpc) is 3.39. The lowest BCUT2D eigenvalue weighted by Crippen LogP contribution is -2.48. The number of carbonyl (C=O) groups is 1. The van der Waals surface area contributed by atoms with Crippen molar-refractivity contribution in [2.45, 2.75) is 4.90 Å². The molecular weight excluding hydrogens is 548 g/mol. The summed E-state index contributed by atoms with van der Waals surface area (Å²) in [4.78, 5) is 22.0. The highest BCUT2D eigenvalue weighted by atomic mass is 35.5. The van der Waals surface area contributed by atoms with Gasteiger partial charge in [0.2, 0.25) is 0 Å². The molecule has 198 valence electrons. The van der Waals surface area contributed by atoms with Gasteiger partial charge in [0.25, 0.3) is 15.9 Å². The summed E-state index contributed by atoms with van der Waals surface area (Å²) < 4.78 is 39.5. The Kier molecular flexibility index (Phi) is 7.33. The number of piperazine rings is 1. The van der Waals surface area contributed by atoms with Gasteiger partial charge < -0.3 is 19.3 Å². The number of ether oxygens (including phenoxy) is 2. The van der Waals surface area contributed by atoms with E-state index in [0.29, 0.717) is 54.0 Å². The van der Waals surface area contributed by atoms with Crippen molar-refractivity contribution in [1.29, 1.82) is 0 Å². The molecule has 0 bridgehead atoms. The van der Waals surface area contributed by atoms with Crippen molar-refractivity contribution in [2.75, 3.05) is 50.0 Å². The monoisotopic (exact) mass is 572 g/mol. The van der Waals surface area contributed by atoms with E-state index < -0.39 is 10.0 Å². The van der Waals surface area contributed by atoms with Gasteiger partial charge in [0.05, 0.1) is 28.8 Å². The first-order chi connectivity index (χ1) is 18.3. The Labute approximate surface area is 229 Å². The zero-order chi connectivity index (χ0) is 26.9. The van der Waals surface area contributed by atoms with E-state index in [4.69, 9.17) is 26.1 Å². The van der Waals surface area contributed by atoms with Crippen LogP contribution in [-0.2, 0) is 10.0 Å². The molecule has 1 aliphatic rings. The molecule has 0 atom stereocenters. The van der Waals surface area contributed by atoms with E-state index >= 15 is 0 Å². The van der Waals surface area contributed by atoms with Crippen LogP contribution < -0.4 is 19.1 Å². The third kappa shape index (κ3) is 5.22. The van der Waals surface area contributed by atoms with Crippen molar-refractivity contribution in [3.63, 3.8) is 0 Å². The molecule has 12 heteroatoms. The van der Waals surface area contributed by atoms with E-state index in [1.807, 2.05) is 0 Å². The fourth-order valence-corrected chi connectivity index (χ4v) is 6.57. The van der Waals surface area contributed by atoms with Crippen LogP contribution in [0.25, 0.3) is 10.2 Å². The first-order valence-electron chi connectivity index (χ1n) is 11.7. The number of anilines is 2. The number of aromatic nitrogens is 1. The normalized spacial score (nSPS) is 14.0. The fourth-order valence-electron chi connectivity index (χ4n) is 4.21. The van der Waals surface area contributed by atoms with Gasteiger partial charge in [0, 0.05) is 37.4 Å². The molecule has 0 saturated carbocycles. The van der Waals surface area contributed by atoms with Crippen molar-refractivity contribution >= 4 is 59.9 Å². The maximum Gasteiger partial charge on any atom is 0.261 e. The Morgan fingerprint density at radius 3 is 2.42 bits per heavy atom. The van der Waals surface area contributed by atoms with Crippen LogP contribution in [0.3, 0.4) is 0 Å². The van der Waals surface area contributed by atoms with Crippen molar-refractivity contribution in [3.8, 4) is 11.5 Å². The summed E-state index contributed by atoms with van der Waals surface area (Å²) >= 11 is 7.87. The standard InChI is InChI=1S/C26H25ClN4O5S2/c1-35-19-6-8-20(9-7-19)38(33,34)29-18-5-3-4-17(16-18)25(32)30-12-14-31(15-13-30)26-28-23-22(36-2)11-10-21(27)24(23)37-26/h3-11,16,29H,12-15H2,1-2H3. The van der Waals surface area contributed by atoms with Gasteiger partial charge in [0.15, 0.2) is 5.13 Å². The van der Waals surface area contributed by atoms with Crippen LogP contribution >= 0.6 is 22.9 Å². The third-order valence-electron chi connectivity index (χ3n) is 6.24. The molecule has 1 saturated heterocycles. The van der Waals surface area contributed by atoms with Crippen molar-refractivity contribution in [2.24, 2.45) is 0 Å². The highest BCUT2D eigenvalue weighted by molar-refractivity contribution is 7.92. The number of hydrogen-bond donors (Lipinski definition) is 1. The number of hydrogen-bond acceptors (Lipinski definition) is 8. The second-order valence-electron chi connectivity index (χ2n) is 8.56. The van der Waals surface area contributed by atoms with Gasteiger partial charge in [-0.15, -0.1) is 0 Å². The molecule has 0 radical (unpaired) electrons. The van der Waals surface area contributed by atoms with Gasteiger partial charge in [-0.1, -0.05) is 29.0 Å². The Balaban J connectivity index is 1.26. The number of fused-ring (bicyclic) bond motifs is 1. The Hall–Kier alpha value is -3.54. The van der Waals surface area contributed by atoms with E-state index in [1.54, 1.807) is 60.5 Å². The summed E-state index contributed by atoms with van der Waals surface area (Å²) in [5.41, 5.74) is 1.45. The van der Waals surface area contributed by atoms with E-state index in [9.17, 15) is 13.2 Å². The minimum absolute atomic E-state index is 0.0971. The van der Waals surface area contributed by atoms with Crippen molar-refractivity contribution in [1.82, 2.24) is 9.88 Å². The highest BCUT2D eigenvalue weighted by Gasteiger charge is 2.25. The van der Waals surface area contributed by atoms with Gasteiger partial charge in [-0.3, -0.25) is 9.52 Å². The number of amides is 1. The Bertz CT molecular complexity index is 1580. The minimum atomic E-state index is -3.82. The molecule has 1 N–H and O–H groups in total. The predicted octanol–water partition coefficient (Wildman–Crippen LogP) is 4.73. The topological polar surface area (TPSA) is 101 Å². The lowest BCUT2D eigenvalue weighted by Gasteiger charge is -2.34. The molecule has 1 aliphatic heterocycles. The fraction of sp³-hybridized carbons (Fsp3) is 0.231. The number of nitrogens with one attached hydrogen (secondary N) is 1. The van der Waals surface area contributed by atoms with Crippen LogP contribution in [0.5, 0.6) is 11.5 Å². The average molecular weight is 573 g/mol. The number of methoxy groups -OCH3 is 2. The number of rotatable bonds is 7. The molecule has 5 rings (SSSR count). The number of halogens is 1. The zero-order valence-electron chi connectivity index (χ0n) is 20.7. The lowest BCUT2D eigenvalue weighted by atomic mass is 10.1. The first kappa shape index (κ1) is 26.1. The highest BCUT2D eigenvalue weighted by Crippen LogP contribution is 2.39. The first-order valence-corrected chi connectivity index (χ1v) is 14.4. The second kappa shape index (κ2) is 10.7. The minimum Gasteiger partial charge on any atom is -0.497 e. The van der Waals surface area contributed by atoms with Crippen LogP contribution in [-0.4, -0.2) is 64.6 Å². The van der Waals surface area contributed by atoms with E-state index in [0.717, 1.165) is 15.3 Å². The van der Waals surface area contributed by atoms with Gasteiger partial charge in [-0.2, -0.15) is 0 Å². The van der Waals surface area contributed by atoms with Crippen LogP contribution in [0.15, 0.2) is 65.6 Å². The molecule has 1 aromatic heterocycles. The Morgan fingerprint density at radius 2 is 1.74 bits per heavy atom. The smallest absolute Gasteiger partial charge is 0.261 e. The molecule has 2 heterocycles. The molecule has 9 nitrogen and oxygen atoms in total. The summed E-state index contributed by atoms with van der Waals surface area (Å²) in [6.45, 7) is 2.22. The van der Waals surface area contributed by atoms with E-state index in [-0.39, 0.29) is 10.8 Å². The largest absolute Gasteiger partial charge is 0.497 e. The van der Waals surface area contributed by atoms with Crippen molar-refractivity contribution in [3.05, 3.63) is 71.2 Å². The SMILES string of the molecule is COc1ccc(S(=O)(=O)Nc2cccc(C(=O)N3CCN(c4nc5c(OC)ccc(Cl)c5s4)CC3)c2)cc1. The second-order valence-corrected chi connectivity index (χ2v) is 11.6. The van der Waals surface area contributed by atoms with Crippen LogP contribution in [0.1, 0.15) is 10.4 Å². The van der Waals surface area contributed by atoms with E-state index in [1.165, 1.54) is 30.6 Å². The molecule has 0 spiro atoms. The quantitative estimate of drug-likeness (QED) is 0.342. The summed E-state index contributed by atoms with van der Waals surface area (Å²) in [5, 5.41) is 1.45. The number of sulfonamides is 1. The van der Waals surface area contributed by atoms with Gasteiger partial charge in [-0.25, -0.2) is 13.4 Å². The van der Waals surface area contributed by atoms with Gasteiger partial charge in [0.1, 0.15) is 17.0 Å². The molecule has 38 heavy (non-hydrogen) atoms. The lowest BCUT2D eigenvalue weighted by molar-refractivity contribution is 0.0747. The molecule has 0 unspecified atom stereocenters. The zero-order valence-corrected chi connectivity index (χ0v) is 23.1. The van der Waals surface area contributed by atoms with Gasteiger partial charge >= 0.3 is 0 Å². The summed E-state index contributed by atoms with van der Waals surface area (Å²) in [6, 6.07) is 16.2. The van der Waals surface area contributed by atoms with E-state index in [2.05, 4.69) is 9.62 Å². The summed E-state index contributed by atoms with van der Waals surface area (Å²) in [7, 11) is -0.710. The number of benzene rings is 3. The Morgan fingerprint density at radius 1 is 1.00 bits per heavy atom. The van der Waals surface area contributed by atoms with Crippen LogP contribution in [0.2, 0.25) is 5.02 Å². The van der Waals surface area contributed by atoms with Crippen molar-refractivity contribution < 1.29 is 22.7 Å². The van der Waals surface area contributed by atoms with Crippen LogP contribution in [0, 0.1) is 0 Å². The number of carbonyl (C=O) groups excluding carboxylic acids is 1. The molecular formula is C26H25ClN4O5S2. The summed E-state index contributed by atoms with van der Waals surface area (Å²) in [6.07, 6.45) is 0. The molecule has 1 amide bonds. The number of nitrogens with zero attached hydrogens (tertiary/aromatic N) is 3. The molecule has 4 aromatic rings. The van der Waals surface area contributed by atoms with Crippen LogP contribution in [0.4, 0.5) is 10.8 Å². The summed E-state index contributed by atoms with van der Waals surface area (Å²) in [5.74, 6) is 1.07. The molecule has 3 aromatic carbocycles. The predicted molar refractivity (Wildman–Crippen MR) is 150 cm³/mol. The molecule has 1 fully saturated rings. The third-order valence-corrected chi connectivity index (χ3v) is 9.21. The maximum atomic E-state index is 13.2.